The number of phenols is 1. The van der Waals surface area contributed by atoms with Gasteiger partial charge in [0.2, 0.25) is 0 Å². The molecule has 1 heterocycles. The second-order valence-corrected chi connectivity index (χ2v) is 4.85. The van der Waals surface area contributed by atoms with Crippen LogP contribution < -0.4 is 0 Å². The van der Waals surface area contributed by atoms with Crippen molar-refractivity contribution in [2.75, 3.05) is 0 Å². The fourth-order valence-corrected chi connectivity index (χ4v) is 2.34. The Labute approximate surface area is 126 Å². The zero-order valence-electron chi connectivity index (χ0n) is 11.8. The molecule has 6 heteroatoms. The number of benzene rings is 2. The van der Waals surface area contributed by atoms with Gasteiger partial charge in [-0.2, -0.15) is 5.10 Å². The van der Waals surface area contributed by atoms with Gasteiger partial charge in [-0.3, -0.25) is 10.1 Å². The molecule has 0 spiro atoms. The van der Waals surface area contributed by atoms with Gasteiger partial charge in [0.15, 0.2) is 0 Å². The van der Waals surface area contributed by atoms with Crippen LogP contribution in [-0.4, -0.2) is 19.8 Å². The molecule has 3 rings (SSSR count). The van der Waals surface area contributed by atoms with Crippen LogP contribution in [-0.2, 0) is 0 Å². The topological polar surface area (TPSA) is 81.2 Å². The molecular weight excluding hydrogens is 282 g/mol. The first kappa shape index (κ1) is 13.8. The van der Waals surface area contributed by atoms with Crippen LogP contribution in [0, 0.1) is 17.0 Å². The third-order valence-electron chi connectivity index (χ3n) is 3.37. The quantitative estimate of drug-likeness (QED) is 0.592. The average Bonchev–Trinajstić information content (AvgIpc) is 2.89. The van der Waals surface area contributed by atoms with Crippen molar-refractivity contribution in [1.29, 1.82) is 0 Å². The number of nitro benzene ring substituents is 1. The highest BCUT2D eigenvalue weighted by Crippen LogP contribution is 2.30. The lowest BCUT2D eigenvalue weighted by molar-refractivity contribution is -0.384. The Morgan fingerprint density at radius 1 is 1.14 bits per heavy atom. The highest BCUT2D eigenvalue weighted by atomic mass is 16.6. The maximum Gasteiger partial charge on any atom is 0.294 e. The van der Waals surface area contributed by atoms with Crippen LogP contribution >= 0.6 is 0 Å². The molecule has 0 aliphatic rings. The van der Waals surface area contributed by atoms with Gasteiger partial charge in [-0.15, -0.1) is 0 Å². The van der Waals surface area contributed by atoms with Crippen molar-refractivity contribution in [3.63, 3.8) is 0 Å². The third-order valence-corrected chi connectivity index (χ3v) is 3.37. The molecule has 0 fully saturated rings. The van der Waals surface area contributed by atoms with Crippen LogP contribution in [0.2, 0.25) is 0 Å². The van der Waals surface area contributed by atoms with Gasteiger partial charge in [0.05, 0.1) is 10.6 Å². The van der Waals surface area contributed by atoms with E-state index in [1.165, 1.54) is 10.7 Å². The van der Waals surface area contributed by atoms with Crippen molar-refractivity contribution >= 4 is 5.69 Å². The molecule has 0 unspecified atom stereocenters. The average molecular weight is 295 g/mol. The zero-order valence-corrected chi connectivity index (χ0v) is 11.8. The fraction of sp³-hybridized carbons (Fsp3) is 0.0625. The highest BCUT2D eigenvalue weighted by molar-refractivity contribution is 5.67. The minimum Gasteiger partial charge on any atom is -0.507 e. The molecule has 0 amide bonds. The van der Waals surface area contributed by atoms with E-state index in [0.29, 0.717) is 16.9 Å². The van der Waals surface area contributed by atoms with Gasteiger partial charge in [-0.25, -0.2) is 4.68 Å². The van der Waals surface area contributed by atoms with Crippen molar-refractivity contribution in [3.05, 3.63) is 70.4 Å². The molecule has 110 valence electrons. The number of nitro groups is 1. The van der Waals surface area contributed by atoms with Crippen LogP contribution in [0.25, 0.3) is 16.9 Å². The van der Waals surface area contributed by atoms with Gasteiger partial charge >= 0.3 is 0 Å². The van der Waals surface area contributed by atoms with Crippen LogP contribution in [0.15, 0.2) is 54.6 Å². The summed E-state index contributed by atoms with van der Waals surface area (Å²) in [6.07, 6.45) is 0. The van der Waals surface area contributed by atoms with E-state index in [9.17, 15) is 15.2 Å². The van der Waals surface area contributed by atoms with E-state index in [0.717, 1.165) is 5.69 Å². The summed E-state index contributed by atoms with van der Waals surface area (Å²) in [4.78, 5) is 10.7. The SMILES string of the molecule is Cc1cc(-c2ccccc2O)nn1-c1ccccc1[N+](=O)[O-]. The molecule has 0 aliphatic heterocycles. The van der Waals surface area contributed by atoms with Crippen molar-refractivity contribution < 1.29 is 10.0 Å². The molecule has 6 nitrogen and oxygen atoms in total. The lowest BCUT2D eigenvalue weighted by Gasteiger charge is -2.05. The molecule has 0 bridgehead atoms. The molecular formula is C16H13N3O3. The number of aryl methyl sites for hydroxylation is 1. The Bertz CT molecular complexity index is 855. The van der Waals surface area contributed by atoms with E-state index < -0.39 is 4.92 Å². The van der Waals surface area contributed by atoms with Crippen LogP contribution in [0.5, 0.6) is 5.75 Å². The van der Waals surface area contributed by atoms with Gasteiger partial charge in [0, 0.05) is 17.3 Å². The van der Waals surface area contributed by atoms with E-state index in [4.69, 9.17) is 0 Å². The number of hydrogen-bond donors (Lipinski definition) is 1. The Kier molecular flexibility index (Phi) is 3.34. The van der Waals surface area contributed by atoms with Gasteiger partial charge in [0.1, 0.15) is 11.4 Å². The molecule has 1 N–H and O–H groups in total. The second kappa shape index (κ2) is 5.33. The lowest BCUT2D eigenvalue weighted by atomic mass is 10.1. The number of aromatic hydroxyl groups is 1. The Morgan fingerprint density at radius 3 is 2.55 bits per heavy atom. The molecule has 22 heavy (non-hydrogen) atoms. The maximum atomic E-state index is 11.2. The van der Waals surface area contributed by atoms with Crippen molar-refractivity contribution in [2.45, 2.75) is 6.92 Å². The minimum atomic E-state index is -0.434. The molecule has 0 aliphatic carbocycles. The highest BCUT2D eigenvalue weighted by Gasteiger charge is 2.18. The zero-order chi connectivity index (χ0) is 15.7. The van der Waals surface area contributed by atoms with Crippen molar-refractivity contribution in [2.24, 2.45) is 0 Å². The van der Waals surface area contributed by atoms with Gasteiger partial charge in [0.25, 0.3) is 5.69 Å². The van der Waals surface area contributed by atoms with Crippen LogP contribution in [0.3, 0.4) is 0 Å². The Balaban J connectivity index is 2.16. The van der Waals surface area contributed by atoms with Gasteiger partial charge in [-0.05, 0) is 31.2 Å². The van der Waals surface area contributed by atoms with E-state index in [1.54, 1.807) is 48.5 Å². The molecule has 0 saturated heterocycles. The molecule has 3 aromatic rings. The summed E-state index contributed by atoms with van der Waals surface area (Å²) in [6.45, 7) is 1.81. The summed E-state index contributed by atoms with van der Waals surface area (Å²) < 4.78 is 1.51. The fourth-order valence-electron chi connectivity index (χ4n) is 2.34. The number of hydrogen-bond acceptors (Lipinski definition) is 4. The van der Waals surface area contributed by atoms with Gasteiger partial charge in [-0.1, -0.05) is 24.3 Å². The van der Waals surface area contributed by atoms with E-state index in [2.05, 4.69) is 5.10 Å². The summed E-state index contributed by atoms with van der Waals surface area (Å²) in [5, 5.41) is 25.5. The summed E-state index contributed by atoms with van der Waals surface area (Å²) in [5.41, 5.74) is 2.27. The predicted molar refractivity (Wildman–Crippen MR) is 82.1 cm³/mol. The smallest absolute Gasteiger partial charge is 0.294 e. The number of phenolic OH excluding ortho intramolecular Hbond substituents is 1. The first-order valence-electron chi connectivity index (χ1n) is 6.67. The first-order chi connectivity index (χ1) is 10.6. The standard InChI is InChI=1S/C16H13N3O3/c1-11-10-13(12-6-2-5-9-16(12)20)17-18(11)14-7-3-4-8-15(14)19(21)22/h2-10,20H,1H3. The predicted octanol–water partition coefficient (Wildman–Crippen LogP) is 3.46. The minimum absolute atomic E-state index is 0.0162. The molecule has 1 aromatic heterocycles. The van der Waals surface area contributed by atoms with Crippen LogP contribution in [0.1, 0.15) is 5.69 Å². The summed E-state index contributed by atoms with van der Waals surface area (Å²) in [5.74, 6) is 0.120. The summed E-state index contributed by atoms with van der Waals surface area (Å²) in [7, 11) is 0. The van der Waals surface area contributed by atoms with E-state index in [1.807, 2.05) is 6.92 Å². The third kappa shape index (κ3) is 2.31. The van der Waals surface area contributed by atoms with Gasteiger partial charge < -0.3 is 5.11 Å². The molecule has 0 saturated carbocycles. The van der Waals surface area contributed by atoms with Crippen LogP contribution in [0.4, 0.5) is 5.69 Å². The largest absolute Gasteiger partial charge is 0.507 e. The number of nitrogens with zero attached hydrogens (tertiary/aromatic N) is 3. The summed E-state index contributed by atoms with van der Waals surface area (Å²) >= 11 is 0. The number of rotatable bonds is 3. The summed E-state index contributed by atoms with van der Waals surface area (Å²) in [6, 6.07) is 15.1. The van der Waals surface area contributed by atoms with Crippen molar-refractivity contribution in [3.8, 4) is 22.7 Å². The van der Waals surface area contributed by atoms with E-state index in [-0.39, 0.29) is 11.4 Å². The molecule has 0 atom stereocenters. The first-order valence-corrected chi connectivity index (χ1v) is 6.67. The van der Waals surface area contributed by atoms with Crippen molar-refractivity contribution in [1.82, 2.24) is 9.78 Å². The monoisotopic (exact) mass is 295 g/mol. The Hall–Kier alpha value is -3.15. The number of aromatic nitrogens is 2. The maximum absolute atomic E-state index is 11.2. The lowest BCUT2D eigenvalue weighted by Crippen LogP contribution is -2.03. The molecule has 2 aromatic carbocycles. The normalized spacial score (nSPS) is 10.6. The Morgan fingerprint density at radius 2 is 1.82 bits per heavy atom. The molecule has 0 radical (unpaired) electrons. The number of para-hydroxylation sites is 3. The second-order valence-electron chi connectivity index (χ2n) is 4.85. The van der Waals surface area contributed by atoms with E-state index >= 15 is 0 Å².